The molecule has 0 radical (unpaired) electrons. The summed E-state index contributed by atoms with van der Waals surface area (Å²) in [5.41, 5.74) is 2.24. The number of esters is 1. The molecule has 4 fully saturated rings. The zero-order valence-corrected chi connectivity index (χ0v) is 37.5. The molecule has 5 aliphatic carbocycles. The number of rotatable bonds is 14. The van der Waals surface area contributed by atoms with Gasteiger partial charge in [-0.05, 0) is 135 Å². The Morgan fingerprint density at radius 3 is 2.19 bits per heavy atom. The zero-order valence-electron chi connectivity index (χ0n) is 36.8. The van der Waals surface area contributed by atoms with Crippen molar-refractivity contribution in [2.24, 2.45) is 56.7 Å². The second-order valence-electron chi connectivity index (χ2n) is 21.7. The summed E-state index contributed by atoms with van der Waals surface area (Å²) in [5, 5.41) is 22.7. The van der Waals surface area contributed by atoms with E-state index in [-0.39, 0.29) is 58.8 Å². The minimum Gasteiger partial charge on any atom is -0.481 e. The van der Waals surface area contributed by atoms with E-state index < -0.39 is 22.9 Å². The molecule has 9 heteroatoms. The molecule has 5 aliphatic rings. The fraction of sp³-hybridized carbons (Fsp3) is 0.771. The van der Waals surface area contributed by atoms with Crippen LogP contribution in [-0.2, 0) is 25.7 Å². The highest BCUT2D eigenvalue weighted by Gasteiger charge is 2.67. The molecule has 57 heavy (non-hydrogen) atoms. The first kappa shape index (κ1) is 44.3. The first-order valence-corrected chi connectivity index (χ1v) is 22.4. The summed E-state index contributed by atoms with van der Waals surface area (Å²) < 4.78 is 6.27. The molecule has 4 saturated carbocycles. The number of Topliss-reactive ketones (excluding diaryl/α,β-unsaturated/α-hetero) is 1. The Kier molecular flexibility index (Phi) is 12.7. The summed E-state index contributed by atoms with van der Waals surface area (Å²) in [6.07, 6.45) is 7.67. The number of aliphatic hydroxyl groups excluding tert-OH is 1. The van der Waals surface area contributed by atoms with Gasteiger partial charge in [-0.25, -0.2) is 0 Å². The molecule has 0 amide bonds. The fourth-order valence-electron chi connectivity index (χ4n) is 13.7. The van der Waals surface area contributed by atoms with Gasteiger partial charge in [-0.1, -0.05) is 84.7 Å². The van der Waals surface area contributed by atoms with Gasteiger partial charge in [0.1, 0.15) is 6.10 Å². The van der Waals surface area contributed by atoms with Crippen molar-refractivity contribution in [3.05, 3.63) is 46.0 Å². The molecular weight excluding hydrogens is 736 g/mol. The average Bonchev–Trinajstić information content (AvgIpc) is 3.41. The quantitative estimate of drug-likeness (QED) is 0.179. The van der Waals surface area contributed by atoms with Crippen LogP contribution < -0.4 is 0 Å². The van der Waals surface area contributed by atoms with Crippen molar-refractivity contribution < 1.29 is 29.3 Å². The number of ketones is 1. The maximum Gasteiger partial charge on any atom is 0.306 e. The lowest BCUT2D eigenvalue weighted by atomic mass is 9.37. The molecule has 0 spiro atoms. The third-order valence-corrected chi connectivity index (χ3v) is 16.6. The van der Waals surface area contributed by atoms with E-state index in [1.807, 2.05) is 26.0 Å². The van der Waals surface area contributed by atoms with Crippen LogP contribution in [0.5, 0.6) is 0 Å². The van der Waals surface area contributed by atoms with E-state index in [1.165, 1.54) is 5.57 Å². The maximum atomic E-state index is 14.3. The van der Waals surface area contributed by atoms with Crippen molar-refractivity contribution in [1.29, 1.82) is 0 Å². The van der Waals surface area contributed by atoms with Gasteiger partial charge in [0.15, 0.2) is 5.78 Å². The van der Waals surface area contributed by atoms with E-state index >= 15 is 0 Å². The van der Waals surface area contributed by atoms with Crippen LogP contribution in [0.4, 0.5) is 0 Å². The van der Waals surface area contributed by atoms with Gasteiger partial charge in [-0.2, -0.15) is 0 Å². The van der Waals surface area contributed by atoms with Crippen LogP contribution in [0, 0.1) is 56.7 Å². The first-order valence-electron chi connectivity index (χ1n) is 22.0. The van der Waals surface area contributed by atoms with Crippen molar-refractivity contribution in [2.75, 3.05) is 33.7 Å². The van der Waals surface area contributed by atoms with Gasteiger partial charge in [0, 0.05) is 48.5 Å². The van der Waals surface area contributed by atoms with Gasteiger partial charge < -0.3 is 19.8 Å². The van der Waals surface area contributed by atoms with Crippen LogP contribution in [-0.4, -0.2) is 83.7 Å². The number of allylic oxidation sites excluding steroid dienone is 1. The van der Waals surface area contributed by atoms with Gasteiger partial charge in [-0.15, -0.1) is 0 Å². The van der Waals surface area contributed by atoms with E-state index in [0.29, 0.717) is 42.3 Å². The highest BCUT2D eigenvalue weighted by atomic mass is 35.5. The monoisotopic (exact) mass is 809 g/mol. The average molecular weight is 810 g/mol. The Morgan fingerprint density at radius 1 is 0.912 bits per heavy atom. The number of hydrogen-bond donors (Lipinski definition) is 2. The number of aliphatic hydroxyl groups is 1. The molecular formula is C48H73ClN2O6. The molecule has 0 unspecified atom stereocenters. The number of nitrogens with zero attached hydrogens (tertiary/aromatic N) is 2. The lowest BCUT2D eigenvalue weighted by molar-refractivity contribution is -0.205. The third kappa shape index (κ3) is 8.42. The van der Waals surface area contributed by atoms with Gasteiger partial charge in [0.2, 0.25) is 0 Å². The minimum absolute atomic E-state index is 0.0390. The summed E-state index contributed by atoms with van der Waals surface area (Å²) in [6.45, 7) is 20.6. The summed E-state index contributed by atoms with van der Waals surface area (Å²) >= 11 is 6.24. The molecule has 6 rings (SSSR count). The van der Waals surface area contributed by atoms with E-state index in [0.717, 1.165) is 75.6 Å². The van der Waals surface area contributed by atoms with Crippen molar-refractivity contribution in [3.8, 4) is 0 Å². The number of halogens is 1. The first-order chi connectivity index (χ1) is 26.5. The maximum absolute atomic E-state index is 14.3. The normalized spacial score (nSPS) is 34.2. The second-order valence-corrected chi connectivity index (χ2v) is 22.1. The van der Waals surface area contributed by atoms with Crippen molar-refractivity contribution in [3.63, 3.8) is 0 Å². The molecule has 8 nitrogen and oxygen atoms in total. The number of fused-ring (bicyclic) bond motifs is 7. The van der Waals surface area contributed by atoms with Crippen molar-refractivity contribution in [2.45, 2.75) is 145 Å². The Bertz CT molecular complexity index is 1700. The van der Waals surface area contributed by atoms with Crippen molar-refractivity contribution in [1.82, 2.24) is 9.80 Å². The standard InChI is InChI=1S/C48H73ClN2O6/c1-30(2)42-36(52)25-48(38(53)29-51(24-23-50(9)10)28-31-11-13-32(49)14-12-31)22-21-46(7)33-17-18-37-45(5,6)39(57-41(56)27-44(3,4)26-40(54)55)19-20-47(37,8)34(33)15-16-35(46)43(42)48/h11-14,30,33-35,37-39,53H,15-29H2,1-10H3,(H,54,55)/t33-,34+,35-,37+,38-,39+,46+,47-,48+/m1/s1. The number of likely N-dealkylation sites (N-methyl/N-ethyl adjacent to an activating group) is 1. The molecule has 1 aromatic carbocycles. The second kappa shape index (κ2) is 16.3. The van der Waals surface area contributed by atoms with Crippen LogP contribution in [0.25, 0.3) is 0 Å². The molecule has 9 atom stereocenters. The number of carbonyl (C=O) groups excluding carboxylic acids is 2. The van der Waals surface area contributed by atoms with Crippen LogP contribution in [0.1, 0.15) is 132 Å². The SMILES string of the molecule is CC(C)C1=C2[C@H]3CC[C@H]4[C@@H](CC[C@H]5C(C)(C)[C@@H](OC(=O)CC(C)(C)CC(=O)O)CC[C@]45C)[C@]3(C)CC[C@@]2([C@H](O)CN(CCN(C)C)Cc2ccc(Cl)cc2)CC1=O. The van der Waals surface area contributed by atoms with Crippen LogP contribution in [0.3, 0.4) is 0 Å². The Morgan fingerprint density at radius 2 is 1.56 bits per heavy atom. The van der Waals surface area contributed by atoms with Crippen molar-refractivity contribution >= 4 is 29.3 Å². The minimum atomic E-state index is -0.898. The Hall–Kier alpha value is -2.26. The van der Waals surface area contributed by atoms with E-state index in [4.69, 9.17) is 16.3 Å². The highest BCUT2D eigenvalue weighted by molar-refractivity contribution is 6.30. The summed E-state index contributed by atoms with van der Waals surface area (Å²) in [6, 6.07) is 8.01. The predicted molar refractivity (Wildman–Crippen MR) is 227 cm³/mol. The van der Waals surface area contributed by atoms with E-state index in [1.54, 1.807) is 0 Å². The molecule has 0 saturated heterocycles. The molecule has 0 bridgehead atoms. The van der Waals surface area contributed by atoms with Gasteiger partial charge in [-0.3, -0.25) is 19.3 Å². The van der Waals surface area contributed by atoms with Crippen LogP contribution >= 0.6 is 11.6 Å². The molecule has 1 aromatic rings. The summed E-state index contributed by atoms with van der Waals surface area (Å²) in [7, 11) is 4.17. The number of aliphatic carboxylic acids is 1. The highest BCUT2D eigenvalue weighted by Crippen LogP contribution is 2.73. The lowest BCUT2D eigenvalue weighted by Gasteiger charge is -2.68. The number of benzene rings is 1. The fourth-order valence-corrected chi connectivity index (χ4v) is 13.8. The largest absolute Gasteiger partial charge is 0.481 e. The third-order valence-electron chi connectivity index (χ3n) is 16.4. The molecule has 0 aliphatic heterocycles. The van der Waals surface area contributed by atoms with E-state index in [2.05, 4.69) is 77.6 Å². The number of ether oxygens (including phenoxy) is 1. The zero-order chi connectivity index (χ0) is 41.9. The van der Waals surface area contributed by atoms with Gasteiger partial charge in [0.05, 0.1) is 18.9 Å². The molecule has 0 heterocycles. The molecule has 2 N–H and O–H groups in total. The number of carboxylic acids is 1. The Balaban J connectivity index is 1.24. The topological polar surface area (TPSA) is 107 Å². The van der Waals surface area contributed by atoms with Crippen LogP contribution in [0.2, 0.25) is 5.02 Å². The van der Waals surface area contributed by atoms with E-state index in [9.17, 15) is 24.6 Å². The lowest BCUT2D eigenvalue weighted by Crippen LogP contribution is -2.62. The predicted octanol–water partition coefficient (Wildman–Crippen LogP) is 9.46. The van der Waals surface area contributed by atoms with Gasteiger partial charge in [0.25, 0.3) is 0 Å². The van der Waals surface area contributed by atoms with Gasteiger partial charge >= 0.3 is 11.9 Å². The summed E-state index contributed by atoms with van der Waals surface area (Å²) in [5.74, 6) is 0.925. The molecule has 0 aromatic heterocycles. The number of carbonyl (C=O) groups is 3. The molecule has 318 valence electrons. The Labute approximate surface area is 348 Å². The smallest absolute Gasteiger partial charge is 0.306 e. The summed E-state index contributed by atoms with van der Waals surface area (Å²) in [4.78, 5) is 43.5. The van der Waals surface area contributed by atoms with Crippen LogP contribution in [0.15, 0.2) is 35.4 Å². The number of carboxylic acid groups (broad SMARTS) is 1. The number of hydrogen-bond acceptors (Lipinski definition) is 7.